The minimum Gasteiger partial charge on any atom is -0.370 e. The highest BCUT2D eigenvalue weighted by molar-refractivity contribution is 5.50. The number of anilines is 1. The normalized spacial score (nSPS) is 16.2. The van der Waals surface area contributed by atoms with Crippen LogP contribution in [0.2, 0.25) is 0 Å². The van der Waals surface area contributed by atoms with Crippen LogP contribution in [0.15, 0.2) is 12.1 Å². The van der Waals surface area contributed by atoms with Crippen LogP contribution in [0, 0.1) is 17.6 Å². The van der Waals surface area contributed by atoms with Gasteiger partial charge in [-0.15, -0.1) is 0 Å². The van der Waals surface area contributed by atoms with Gasteiger partial charge < -0.3 is 10.2 Å². The average molecular weight is 296 g/mol. The van der Waals surface area contributed by atoms with Crippen molar-refractivity contribution in [1.29, 1.82) is 0 Å². The van der Waals surface area contributed by atoms with Gasteiger partial charge in [0.2, 0.25) is 0 Å². The van der Waals surface area contributed by atoms with Gasteiger partial charge in [-0.3, -0.25) is 0 Å². The summed E-state index contributed by atoms with van der Waals surface area (Å²) in [5, 5.41) is 3.09. The van der Waals surface area contributed by atoms with Crippen molar-refractivity contribution in [2.45, 2.75) is 45.6 Å². The van der Waals surface area contributed by atoms with E-state index in [1.54, 1.807) is 11.9 Å². The number of rotatable bonds is 6. The Balaban J connectivity index is 2.07. The number of halogens is 2. The van der Waals surface area contributed by atoms with Gasteiger partial charge in [-0.25, -0.2) is 8.78 Å². The topological polar surface area (TPSA) is 15.3 Å². The third-order valence-corrected chi connectivity index (χ3v) is 4.29. The lowest BCUT2D eigenvalue weighted by Gasteiger charge is -2.29. The van der Waals surface area contributed by atoms with Gasteiger partial charge in [-0.2, -0.15) is 0 Å². The summed E-state index contributed by atoms with van der Waals surface area (Å²) in [7, 11) is 1.79. The lowest BCUT2D eigenvalue weighted by atomic mass is 9.89. The van der Waals surface area contributed by atoms with Gasteiger partial charge in [0.05, 0.1) is 0 Å². The standard InChI is InChI=1S/C17H26F2N2/c1-3-20-11-14-9-15(18)17(16(19)10-14)21(2)12-13-7-5-4-6-8-13/h9-10,13,20H,3-8,11-12H2,1-2H3. The molecule has 0 radical (unpaired) electrons. The van der Waals surface area contributed by atoms with Crippen LogP contribution in [0.5, 0.6) is 0 Å². The number of nitrogens with zero attached hydrogens (tertiary/aromatic N) is 1. The Morgan fingerprint density at radius 2 is 1.76 bits per heavy atom. The highest BCUT2D eigenvalue weighted by Gasteiger charge is 2.20. The molecule has 0 saturated heterocycles. The van der Waals surface area contributed by atoms with Crippen LogP contribution in [0.3, 0.4) is 0 Å². The fourth-order valence-electron chi connectivity index (χ4n) is 3.20. The van der Waals surface area contributed by atoms with Gasteiger partial charge in [0.1, 0.15) is 17.3 Å². The molecule has 21 heavy (non-hydrogen) atoms. The van der Waals surface area contributed by atoms with Gasteiger partial charge >= 0.3 is 0 Å². The number of nitrogens with one attached hydrogen (secondary N) is 1. The van der Waals surface area contributed by atoms with Crippen LogP contribution in [0.1, 0.15) is 44.6 Å². The highest BCUT2D eigenvalue weighted by Crippen LogP contribution is 2.29. The van der Waals surface area contributed by atoms with E-state index in [9.17, 15) is 8.78 Å². The van der Waals surface area contributed by atoms with Gasteiger partial charge in [0, 0.05) is 20.1 Å². The molecule has 0 spiro atoms. The summed E-state index contributed by atoms with van der Waals surface area (Å²) in [5.41, 5.74) is 0.766. The fraction of sp³-hybridized carbons (Fsp3) is 0.647. The molecule has 1 aliphatic rings. The lowest BCUT2D eigenvalue weighted by molar-refractivity contribution is 0.360. The van der Waals surface area contributed by atoms with E-state index in [0.717, 1.165) is 13.1 Å². The first-order valence-electron chi connectivity index (χ1n) is 8.01. The van der Waals surface area contributed by atoms with E-state index < -0.39 is 11.6 Å². The maximum Gasteiger partial charge on any atom is 0.149 e. The van der Waals surface area contributed by atoms with E-state index in [4.69, 9.17) is 0 Å². The van der Waals surface area contributed by atoms with E-state index in [1.807, 2.05) is 6.92 Å². The average Bonchev–Trinajstić information content (AvgIpc) is 2.45. The van der Waals surface area contributed by atoms with Crippen LogP contribution >= 0.6 is 0 Å². The smallest absolute Gasteiger partial charge is 0.149 e. The van der Waals surface area contributed by atoms with Gasteiger partial charge in [0.25, 0.3) is 0 Å². The highest BCUT2D eigenvalue weighted by atomic mass is 19.1. The molecular formula is C17H26F2N2. The molecule has 1 fully saturated rings. The summed E-state index contributed by atoms with van der Waals surface area (Å²) in [5.74, 6) is -0.355. The minimum atomic E-state index is -0.457. The van der Waals surface area contributed by atoms with Crippen LogP contribution < -0.4 is 10.2 Å². The number of hydrogen-bond acceptors (Lipinski definition) is 2. The molecule has 1 N–H and O–H groups in total. The second kappa shape index (κ2) is 7.74. The molecule has 0 heterocycles. The summed E-state index contributed by atoms with van der Waals surface area (Å²) in [6.45, 7) is 3.99. The molecule has 0 aromatic heterocycles. The van der Waals surface area contributed by atoms with E-state index >= 15 is 0 Å². The molecule has 1 aromatic carbocycles. The van der Waals surface area contributed by atoms with Gasteiger partial charge in [-0.05, 0) is 43.0 Å². The Morgan fingerprint density at radius 3 is 2.33 bits per heavy atom. The van der Waals surface area contributed by atoms with Crippen molar-refractivity contribution in [2.24, 2.45) is 5.92 Å². The van der Waals surface area contributed by atoms with E-state index in [-0.39, 0.29) is 5.69 Å². The molecule has 1 aromatic rings. The zero-order valence-corrected chi connectivity index (χ0v) is 13.1. The third-order valence-electron chi connectivity index (χ3n) is 4.29. The monoisotopic (exact) mass is 296 g/mol. The van der Waals surface area contributed by atoms with Crippen molar-refractivity contribution < 1.29 is 8.78 Å². The summed E-state index contributed by atoms with van der Waals surface area (Å²) >= 11 is 0. The zero-order valence-electron chi connectivity index (χ0n) is 13.1. The molecule has 2 nitrogen and oxygen atoms in total. The first kappa shape index (κ1) is 16.2. The molecule has 0 bridgehead atoms. The van der Waals surface area contributed by atoms with E-state index in [0.29, 0.717) is 18.0 Å². The summed E-state index contributed by atoms with van der Waals surface area (Å²) in [6.07, 6.45) is 6.12. The molecule has 118 valence electrons. The summed E-state index contributed by atoms with van der Waals surface area (Å²) < 4.78 is 28.5. The second-order valence-electron chi connectivity index (χ2n) is 6.07. The molecular weight excluding hydrogens is 270 g/mol. The number of hydrogen-bond donors (Lipinski definition) is 1. The predicted molar refractivity (Wildman–Crippen MR) is 83.6 cm³/mol. The van der Waals surface area contributed by atoms with Crippen molar-refractivity contribution in [2.75, 3.05) is 25.0 Å². The molecule has 0 unspecified atom stereocenters. The quantitative estimate of drug-likeness (QED) is 0.850. The van der Waals surface area contributed by atoms with Crippen molar-refractivity contribution >= 4 is 5.69 Å². The largest absolute Gasteiger partial charge is 0.370 e. The van der Waals surface area contributed by atoms with E-state index in [1.165, 1.54) is 44.2 Å². The summed E-state index contributed by atoms with van der Waals surface area (Å²) in [4.78, 5) is 1.75. The van der Waals surface area contributed by atoms with Crippen molar-refractivity contribution in [3.05, 3.63) is 29.3 Å². The van der Waals surface area contributed by atoms with Crippen LogP contribution in [-0.2, 0) is 6.54 Å². The minimum absolute atomic E-state index is 0.112. The number of benzene rings is 1. The Labute approximate surface area is 126 Å². The molecule has 4 heteroatoms. The Morgan fingerprint density at radius 1 is 1.14 bits per heavy atom. The van der Waals surface area contributed by atoms with E-state index in [2.05, 4.69) is 5.32 Å². The zero-order chi connectivity index (χ0) is 15.2. The fourth-order valence-corrected chi connectivity index (χ4v) is 3.20. The van der Waals surface area contributed by atoms with Gasteiger partial charge in [0.15, 0.2) is 0 Å². The Hall–Kier alpha value is -1.16. The Bertz CT molecular complexity index is 433. The molecule has 1 aliphatic carbocycles. The van der Waals surface area contributed by atoms with Crippen LogP contribution in [-0.4, -0.2) is 20.1 Å². The van der Waals surface area contributed by atoms with Crippen LogP contribution in [0.4, 0.5) is 14.5 Å². The first-order chi connectivity index (χ1) is 10.1. The SMILES string of the molecule is CCNCc1cc(F)c(N(C)CC2CCCCC2)c(F)c1. The van der Waals surface area contributed by atoms with Crippen molar-refractivity contribution in [3.8, 4) is 0 Å². The van der Waals surface area contributed by atoms with Crippen LogP contribution in [0.25, 0.3) is 0 Å². The predicted octanol–water partition coefficient (Wildman–Crippen LogP) is 4.09. The Kier molecular flexibility index (Phi) is 5.97. The maximum absolute atomic E-state index is 14.2. The molecule has 0 amide bonds. The molecule has 1 saturated carbocycles. The maximum atomic E-state index is 14.2. The third kappa shape index (κ3) is 4.40. The first-order valence-corrected chi connectivity index (χ1v) is 8.01. The lowest BCUT2D eigenvalue weighted by Crippen LogP contribution is -2.28. The van der Waals surface area contributed by atoms with Crippen molar-refractivity contribution in [1.82, 2.24) is 5.32 Å². The molecule has 0 atom stereocenters. The summed E-state index contributed by atoms with van der Waals surface area (Å²) in [6, 6.07) is 2.89. The molecule has 2 rings (SSSR count). The van der Waals surface area contributed by atoms with Crippen molar-refractivity contribution in [3.63, 3.8) is 0 Å². The van der Waals surface area contributed by atoms with Gasteiger partial charge in [-0.1, -0.05) is 26.2 Å². The molecule has 0 aliphatic heterocycles. The second-order valence-corrected chi connectivity index (χ2v) is 6.07.